The molecule has 0 radical (unpaired) electrons. The Morgan fingerprint density at radius 1 is 1.28 bits per heavy atom. The van der Waals surface area contributed by atoms with Crippen molar-refractivity contribution < 1.29 is 4.79 Å². The van der Waals surface area contributed by atoms with E-state index in [4.69, 9.17) is 11.6 Å². The third kappa shape index (κ3) is 3.08. The Bertz CT molecular complexity index is 543. The summed E-state index contributed by atoms with van der Waals surface area (Å²) in [5, 5.41) is 3.43. The Morgan fingerprint density at radius 3 is 2.78 bits per heavy atom. The molecule has 0 aliphatic rings. The van der Waals surface area contributed by atoms with Crippen molar-refractivity contribution >= 4 is 17.5 Å². The highest BCUT2D eigenvalue weighted by atomic mass is 35.5. The predicted molar refractivity (Wildman–Crippen MR) is 71.6 cm³/mol. The number of carbonyl (C=O) groups excluding carboxylic acids is 1. The molecule has 1 N–H and O–H groups in total. The Balaban J connectivity index is 2.08. The Labute approximate surface area is 111 Å². The fourth-order valence-corrected chi connectivity index (χ4v) is 1.81. The molecular weight excluding hydrogens is 248 g/mol. The number of amides is 1. The van der Waals surface area contributed by atoms with Gasteiger partial charge in [-0.1, -0.05) is 23.7 Å². The number of carbonyl (C=O) groups is 1. The summed E-state index contributed by atoms with van der Waals surface area (Å²) in [6, 6.07) is 12.3. The number of pyridine rings is 1. The fourth-order valence-electron chi connectivity index (χ4n) is 1.62. The molecule has 1 aromatic carbocycles. The quantitative estimate of drug-likeness (QED) is 0.921. The van der Waals surface area contributed by atoms with Crippen LogP contribution in [0.3, 0.4) is 0 Å². The summed E-state index contributed by atoms with van der Waals surface area (Å²) in [6.45, 7) is 1.89. The molecule has 1 atom stereocenters. The highest BCUT2D eigenvalue weighted by Gasteiger charge is 2.12. The molecule has 0 saturated carbocycles. The molecule has 18 heavy (non-hydrogen) atoms. The molecule has 3 nitrogen and oxygen atoms in total. The summed E-state index contributed by atoms with van der Waals surface area (Å²) in [4.78, 5) is 16.2. The Morgan fingerprint density at radius 2 is 2.11 bits per heavy atom. The van der Waals surface area contributed by atoms with E-state index in [0.717, 1.165) is 5.69 Å². The molecule has 1 aromatic heterocycles. The molecule has 4 heteroatoms. The minimum absolute atomic E-state index is 0.141. The van der Waals surface area contributed by atoms with Gasteiger partial charge in [-0.25, -0.2) is 0 Å². The van der Waals surface area contributed by atoms with E-state index in [1.807, 2.05) is 25.1 Å². The van der Waals surface area contributed by atoms with Crippen LogP contribution < -0.4 is 5.32 Å². The summed E-state index contributed by atoms with van der Waals surface area (Å²) in [5.74, 6) is -0.157. The zero-order chi connectivity index (χ0) is 13.0. The van der Waals surface area contributed by atoms with Gasteiger partial charge in [-0.05, 0) is 37.3 Å². The molecule has 0 aliphatic heterocycles. The monoisotopic (exact) mass is 260 g/mol. The number of hydrogen-bond acceptors (Lipinski definition) is 2. The van der Waals surface area contributed by atoms with E-state index in [0.29, 0.717) is 10.6 Å². The molecule has 0 bridgehead atoms. The van der Waals surface area contributed by atoms with Crippen LogP contribution in [0, 0.1) is 0 Å². The van der Waals surface area contributed by atoms with Gasteiger partial charge in [-0.2, -0.15) is 0 Å². The number of hydrogen-bond donors (Lipinski definition) is 1. The van der Waals surface area contributed by atoms with Crippen molar-refractivity contribution in [3.05, 3.63) is 64.9 Å². The van der Waals surface area contributed by atoms with Crippen LogP contribution in [-0.4, -0.2) is 10.9 Å². The first-order valence-electron chi connectivity index (χ1n) is 5.64. The maximum atomic E-state index is 12.0. The standard InChI is InChI=1S/C14H13ClN2O/c1-10(13-7-2-3-8-16-13)17-14(18)11-5-4-6-12(15)9-11/h2-10H,1H3,(H,17,18). The van der Waals surface area contributed by atoms with Gasteiger partial charge in [0, 0.05) is 16.8 Å². The summed E-state index contributed by atoms with van der Waals surface area (Å²) in [6.07, 6.45) is 1.71. The van der Waals surface area contributed by atoms with Crippen molar-refractivity contribution in [3.8, 4) is 0 Å². The van der Waals surface area contributed by atoms with Crippen LogP contribution in [-0.2, 0) is 0 Å². The lowest BCUT2D eigenvalue weighted by Crippen LogP contribution is -2.27. The smallest absolute Gasteiger partial charge is 0.251 e. The van der Waals surface area contributed by atoms with E-state index in [1.165, 1.54) is 0 Å². The highest BCUT2D eigenvalue weighted by Crippen LogP contribution is 2.13. The van der Waals surface area contributed by atoms with Gasteiger partial charge < -0.3 is 5.32 Å². The largest absolute Gasteiger partial charge is 0.344 e. The van der Waals surface area contributed by atoms with Crippen LogP contribution in [0.15, 0.2) is 48.7 Å². The van der Waals surface area contributed by atoms with Crippen LogP contribution in [0.1, 0.15) is 29.0 Å². The van der Waals surface area contributed by atoms with Crippen LogP contribution in [0.5, 0.6) is 0 Å². The van der Waals surface area contributed by atoms with E-state index in [-0.39, 0.29) is 11.9 Å². The maximum absolute atomic E-state index is 12.0. The highest BCUT2D eigenvalue weighted by molar-refractivity contribution is 6.30. The van der Waals surface area contributed by atoms with Gasteiger partial charge in [0.2, 0.25) is 0 Å². The second-order valence-corrected chi connectivity index (χ2v) is 4.40. The molecule has 1 heterocycles. The van der Waals surface area contributed by atoms with E-state index in [2.05, 4.69) is 10.3 Å². The number of rotatable bonds is 3. The van der Waals surface area contributed by atoms with Gasteiger partial charge >= 0.3 is 0 Å². The molecule has 0 fully saturated rings. The van der Waals surface area contributed by atoms with Crippen LogP contribution in [0.25, 0.3) is 0 Å². The van der Waals surface area contributed by atoms with Crippen molar-refractivity contribution in [2.24, 2.45) is 0 Å². The average Bonchev–Trinajstić information content (AvgIpc) is 2.39. The van der Waals surface area contributed by atoms with E-state index in [9.17, 15) is 4.79 Å². The topological polar surface area (TPSA) is 42.0 Å². The lowest BCUT2D eigenvalue weighted by atomic mass is 10.1. The van der Waals surface area contributed by atoms with Gasteiger partial charge in [0.15, 0.2) is 0 Å². The molecule has 2 rings (SSSR count). The number of halogens is 1. The second kappa shape index (κ2) is 5.65. The van der Waals surface area contributed by atoms with Crippen LogP contribution in [0.4, 0.5) is 0 Å². The van der Waals surface area contributed by atoms with Crippen molar-refractivity contribution in [2.75, 3.05) is 0 Å². The molecule has 1 unspecified atom stereocenters. The summed E-state index contributed by atoms with van der Waals surface area (Å²) < 4.78 is 0. The molecule has 92 valence electrons. The minimum atomic E-state index is -0.157. The minimum Gasteiger partial charge on any atom is -0.344 e. The van der Waals surface area contributed by atoms with Crippen molar-refractivity contribution in [3.63, 3.8) is 0 Å². The van der Waals surface area contributed by atoms with Gasteiger partial charge in [-0.3, -0.25) is 9.78 Å². The van der Waals surface area contributed by atoms with Crippen LogP contribution >= 0.6 is 11.6 Å². The van der Waals surface area contributed by atoms with E-state index >= 15 is 0 Å². The van der Waals surface area contributed by atoms with Gasteiger partial charge in [0.25, 0.3) is 5.91 Å². The normalized spacial score (nSPS) is 11.9. The lowest BCUT2D eigenvalue weighted by Gasteiger charge is -2.13. The molecule has 1 amide bonds. The zero-order valence-electron chi connectivity index (χ0n) is 9.93. The number of aromatic nitrogens is 1. The molecular formula is C14H13ClN2O. The van der Waals surface area contributed by atoms with E-state index in [1.54, 1.807) is 30.5 Å². The molecule has 0 spiro atoms. The lowest BCUT2D eigenvalue weighted by molar-refractivity contribution is 0.0939. The average molecular weight is 261 g/mol. The van der Waals surface area contributed by atoms with Gasteiger partial charge in [0.1, 0.15) is 0 Å². The van der Waals surface area contributed by atoms with Gasteiger partial charge in [-0.15, -0.1) is 0 Å². The zero-order valence-corrected chi connectivity index (χ0v) is 10.7. The Kier molecular flexibility index (Phi) is 3.95. The number of nitrogens with one attached hydrogen (secondary N) is 1. The summed E-state index contributed by atoms with van der Waals surface area (Å²) in [5.41, 5.74) is 1.37. The SMILES string of the molecule is CC(NC(=O)c1cccc(Cl)c1)c1ccccn1. The van der Waals surface area contributed by atoms with Crippen molar-refractivity contribution in [1.82, 2.24) is 10.3 Å². The maximum Gasteiger partial charge on any atom is 0.251 e. The summed E-state index contributed by atoms with van der Waals surface area (Å²) in [7, 11) is 0. The fraction of sp³-hybridized carbons (Fsp3) is 0.143. The predicted octanol–water partition coefficient (Wildman–Crippen LogP) is 3.23. The van der Waals surface area contributed by atoms with Crippen molar-refractivity contribution in [2.45, 2.75) is 13.0 Å². The third-order valence-corrected chi connectivity index (χ3v) is 2.80. The van der Waals surface area contributed by atoms with Crippen molar-refractivity contribution in [1.29, 1.82) is 0 Å². The number of nitrogens with zero attached hydrogens (tertiary/aromatic N) is 1. The molecule has 2 aromatic rings. The first kappa shape index (κ1) is 12.6. The molecule has 0 saturated heterocycles. The van der Waals surface area contributed by atoms with Gasteiger partial charge in [0.05, 0.1) is 11.7 Å². The van der Waals surface area contributed by atoms with Crippen LogP contribution in [0.2, 0.25) is 5.02 Å². The second-order valence-electron chi connectivity index (χ2n) is 3.96. The third-order valence-electron chi connectivity index (χ3n) is 2.57. The summed E-state index contributed by atoms with van der Waals surface area (Å²) >= 11 is 5.85. The Hall–Kier alpha value is -1.87. The molecule has 0 aliphatic carbocycles. The first-order valence-corrected chi connectivity index (χ1v) is 6.02. The van der Waals surface area contributed by atoms with E-state index < -0.39 is 0 Å². The first-order chi connectivity index (χ1) is 8.66. The number of benzene rings is 1.